The third-order valence-corrected chi connectivity index (χ3v) is 2.27. The second-order valence-corrected chi connectivity index (χ2v) is 3.35. The number of carbonyl (C=O) groups is 1. The van der Waals surface area contributed by atoms with Crippen LogP contribution in [0, 0.1) is 0 Å². The molecule has 0 atom stereocenters. The van der Waals surface area contributed by atoms with E-state index in [1.165, 1.54) is 13.3 Å². The lowest BCUT2D eigenvalue weighted by Crippen LogP contribution is -2.13. The summed E-state index contributed by atoms with van der Waals surface area (Å²) in [5.74, 6) is 0.487. The maximum atomic E-state index is 11.9. The van der Waals surface area contributed by atoms with Crippen LogP contribution in [0.2, 0.25) is 0 Å². The van der Waals surface area contributed by atoms with E-state index < -0.39 is 0 Å². The summed E-state index contributed by atoms with van der Waals surface area (Å²) in [7, 11) is 1.54. The highest BCUT2D eigenvalue weighted by atomic mass is 16.5. The van der Waals surface area contributed by atoms with Crippen LogP contribution in [-0.2, 0) is 0 Å². The molecule has 4 N–H and O–H groups in total. The average molecular weight is 232 g/mol. The maximum absolute atomic E-state index is 11.9. The summed E-state index contributed by atoms with van der Waals surface area (Å²) in [6, 6.07) is 7.12. The summed E-state index contributed by atoms with van der Waals surface area (Å²) in [6.45, 7) is 0. The van der Waals surface area contributed by atoms with Crippen molar-refractivity contribution in [2.45, 2.75) is 0 Å². The predicted molar refractivity (Wildman–Crippen MR) is 63.9 cm³/mol. The molecule has 0 spiro atoms. The van der Waals surface area contributed by atoms with Gasteiger partial charge in [0.2, 0.25) is 0 Å². The minimum Gasteiger partial charge on any atom is -0.495 e. The van der Waals surface area contributed by atoms with Gasteiger partial charge in [0, 0.05) is 0 Å². The Morgan fingerprint density at radius 3 is 2.88 bits per heavy atom. The van der Waals surface area contributed by atoms with Crippen molar-refractivity contribution in [2.24, 2.45) is 0 Å². The molecule has 1 aromatic heterocycles. The first-order chi connectivity index (χ1) is 8.22. The van der Waals surface area contributed by atoms with Gasteiger partial charge in [0.15, 0.2) is 0 Å². The smallest absolute Gasteiger partial charge is 0.261 e. The molecule has 0 radical (unpaired) electrons. The normalized spacial score (nSPS) is 9.94. The second kappa shape index (κ2) is 4.56. The van der Waals surface area contributed by atoms with Gasteiger partial charge in [0.1, 0.15) is 17.1 Å². The summed E-state index contributed by atoms with van der Waals surface area (Å²) in [5, 5.41) is 8.89. The van der Waals surface area contributed by atoms with Crippen LogP contribution in [-0.4, -0.2) is 23.2 Å². The number of nitrogens with two attached hydrogens (primary N) is 1. The van der Waals surface area contributed by atoms with E-state index in [0.29, 0.717) is 17.0 Å². The van der Waals surface area contributed by atoms with Gasteiger partial charge in [-0.15, -0.1) is 0 Å². The molecular formula is C11H12N4O2. The number of benzene rings is 1. The van der Waals surface area contributed by atoms with E-state index in [-0.39, 0.29) is 11.7 Å². The zero-order chi connectivity index (χ0) is 12.3. The van der Waals surface area contributed by atoms with Gasteiger partial charge in [-0.3, -0.25) is 9.89 Å². The number of hydrogen-bond donors (Lipinski definition) is 3. The summed E-state index contributed by atoms with van der Waals surface area (Å²) < 4.78 is 5.12. The number of nitrogen functional groups attached to an aromatic ring is 1. The molecule has 1 heterocycles. The van der Waals surface area contributed by atoms with Crippen LogP contribution < -0.4 is 15.8 Å². The van der Waals surface area contributed by atoms with Crippen molar-refractivity contribution >= 4 is 17.4 Å². The fourth-order valence-electron chi connectivity index (χ4n) is 1.41. The number of anilines is 2. The Morgan fingerprint density at radius 1 is 1.47 bits per heavy atom. The lowest BCUT2D eigenvalue weighted by atomic mass is 10.2. The third kappa shape index (κ3) is 2.20. The number of ether oxygens (including phenoxy) is 1. The number of amides is 1. The van der Waals surface area contributed by atoms with Crippen LogP contribution in [0.3, 0.4) is 0 Å². The Balaban J connectivity index is 2.22. The molecule has 0 unspecified atom stereocenters. The first-order valence-corrected chi connectivity index (χ1v) is 4.95. The van der Waals surface area contributed by atoms with E-state index in [1.807, 2.05) is 6.07 Å². The molecular weight excluding hydrogens is 220 g/mol. The lowest BCUT2D eigenvalue weighted by Gasteiger charge is -2.08. The molecule has 6 heteroatoms. The van der Waals surface area contributed by atoms with Gasteiger partial charge in [-0.1, -0.05) is 12.1 Å². The minimum atomic E-state index is -0.333. The zero-order valence-corrected chi connectivity index (χ0v) is 9.23. The van der Waals surface area contributed by atoms with Gasteiger partial charge in [-0.25, -0.2) is 0 Å². The molecule has 0 aliphatic rings. The molecule has 0 fully saturated rings. The molecule has 0 aliphatic heterocycles. The summed E-state index contributed by atoms with van der Waals surface area (Å²) >= 11 is 0. The highest BCUT2D eigenvalue weighted by molar-refractivity contribution is 6.07. The Kier molecular flexibility index (Phi) is 2.95. The molecule has 0 saturated heterocycles. The Bertz CT molecular complexity index is 536. The van der Waals surface area contributed by atoms with Gasteiger partial charge >= 0.3 is 0 Å². The number of H-pyrrole nitrogens is 1. The van der Waals surface area contributed by atoms with Crippen molar-refractivity contribution in [2.75, 3.05) is 18.2 Å². The number of hydrogen-bond acceptors (Lipinski definition) is 4. The summed E-state index contributed by atoms with van der Waals surface area (Å²) in [4.78, 5) is 11.9. The van der Waals surface area contributed by atoms with Gasteiger partial charge in [0.05, 0.1) is 19.0 Å². The fraction of sp³-hybridized carbons (Fsp3) is 0.0909. The van der Waals surface area contributed by atoms with Crippen LogP contribution >= 0.6 is 0 Å². The molecule has 1 aromatic carbocycles. The molecule has 0 saturated carbocycles. The highest BCUT2D eigenvalue weighted by Gasteiger charge is 2.13. The first kappa shape index (κ1) is 11.0. The number of rotatable bonds is 3. The standard InChI is InChI=1S/C11H12N4O2/c1-17-9-5-3-2-4-8(9)14-11(16)7-6-13-15-10(7)12/h2-6H,1H3,(H,14,16)(H3,12,13,15). The van der Waals surface area contributed by atoms with Crippen molar-refractivity contribution in [3.8, 4) is 5.75 Å². The SMILES string of the molecule is COc1ccccc1NC(=O)c1cn[nH]c1N. The van der Waals surface area contributed by atoms with Crippen LogP contribution in [0.5, 0.6) is 5.75 Å². The van der Waals surface area contributed by atoms with E-state index in [2.05, 4.69) is 15.5 Å². The topological polar surface area (TPSA) is 93.0 Å². The van der Waals surface area contributed by atoms with Crippen molar-refractivity contribution in [3.05, 3.63) is 36.0 Å². The minimum absolute atomic E-state index is 0.234. The van der Waals surface area contributed by atoms with E-state index in [0.717, 1.165) is 0 Å². The number of carbonyl (C=O) groups excluding carboxylic acids is 1. The molecule has 2 aromatic rings. The average Bonchev–Trinajstić information content (AvgIpc) is 2.76. The molecule has 6 nitrogen and oxygen atoms in total. The van der Waals surface area contributed by atoms with Crippen LogP contribution in [0.25, 0.3) is 0 Å². The zero-order valence-electron chi connectivity index (χ0n) is 9.23. The fourth-order valence-corrected chi connectivity index (χ4v) is 1.41. The molecule has 17 heavy (non-hydrogen) atoms. The van der Waals surface area contributed by atoms with Gasteiger partial charge in [-0.2, -0.15) is 5.10 Å². The Labute approximate surface area is 97.8 Å². The Morgan fingerprint density at radius 2 is 2.24 bits per heavy atom. The number of nitrogens with zero attached hydrogens (tertiary/aromatic N) is 1. The monoisotopic (exact) mass is 232 g/mol. The number of nitrogens with one attached hydrogen (secondary N) is 2. The molecule has 0 bridgehead atoms. The van der Waals surface area contributed by atoms with Crippen molar-refractivity contribution in [1.82, 2.24) is 10.2 Å². The number of aromatic amines is 1. The number of methoxy groups -OCH3 is 1. The Hall–Kier alpha value is -2.50. The maximum Gasteiger partial charge on any atom is 0.261 e. The summed E-state index contributed by atoms with van der Waals surface area (Å²) in [5.41, 5.74) is 6.44. The quantitative estimate of drug-likeness (QED) is 0.742. The summed E-state index contributed by atoms with van der Waals surface area (Å²) in [6.07, 6.45) is 1.38. The van der Waals surface area contributed by atoms with Crippen LogP contribution in [0.15, 0.2) is 30.5 Å². The first-order valence-electron chi connectivity index (χ1n) is 4.95. The van der Waals surface area contributed by atoms with E-state index in [1.54, 1.807) is 18.2 Å². The third-order valence-electron chi connectivity index (χ3n) is 2.27. The molecule has 1 amide bonds. The van der Waals surface area contributed by atoms with Crippen molar-refractivity contribution in [1.29, 1.82) is 0 Å². The molecule has 88 valence electrons. The molecule has 2 rings (SSSR count). The molecule has 0 aliphatic carbocycles. The van der Waals surface area contributed by atoms with Crippen molar-refractivity contribution in [3.63, 3.8) is 0 Å². The lowest BCUT2D eigenvalue weighted by molar-refractivity contribution is 0.102. The van der Waals surface area contributed by atoms with Gasteiger partial charge in [-0.05, 0) is 12.1 Å². The van der Waals surface area contributed by atoms with E-state index in [4.69, 9.17) is 10.5 Å². The predicted octanol–water partition coefficient (Wildman–Crippen LogP) is 1.25. The van der Waals surface area contributed by atoms with Crippen molar-refractivity contribution < 1.29 is 9.53 Å². The van der Waals surface area contributed by atoms with E-state index >= 15 is 0 Å². The largest absolute Gasteiger partial charge is 0.495 e. The van der Waals surface area contributed by atoms with E-state index in [9.17, 15) is 4.79 Å². The number of aromatic nitrogens is 2. The number of para-hydroxylation sites is 2. The van der Waals surface area contributed by atoms with Crippen LogP contribution in [0.4, 0.5) is 11.5 Å². The highest BCUT2D eigenvalue weighted by Crippen LogP contribution is 2.24. The van der Waals surface area contributed by atoms with Gasteiger partial charge < -0.3 is 15.8 Å². The van der Waals surface area contributed by atoms with Gasteiger partial charge in [0.25, 0.3) is 5.91 Å². The van der Waals surface area contributed by atoms with Crippen LogP contribution in [0.1, 0.15) is 10.4 Å². The second-order valence-electron chi connectivity index (χ2n) is 3.35.